The van der Waals surface area contributed by atoms with E-state index in [1.165, 1.54) is 17.8 Å². The van der Waals surface area contributed by atoms with Crippen LogP contribution in [0.1, 0.15) is 21.6 Å². The van der Waals surface area contributed by atoms with Gasteiger partial charge in [0.25, 0.3) is 11.6 Å². The molecule has 1 aliphatic rings. The molecule has 0 spiro atoms. The lowest BCUT2D eigenvalue weighted by Gasteiger charge is -2.29. The number of ether oxygens (including phenoxy) is 3. The number of nitro groups is 1. The van der Waals surface area contributed by atoms with Crippen molar-refractivity contribution in [3.05, 3.63) is 51.3 Å². The number of fused-ring (bicyclic) bond motifs is 1. The third-order valence-corrected chi connectivity index (χ3v) is 4.81. The summed E-state index contributed by atoms with van der Waals surface area (Å²) in [7, 11) is 4.61. The van der Waals surface area contributed by atoms with Crippen molar-refractivity contribution in [1.82, 2.24) is 9.47 Å². The van der Waals surface area contributed by atoms with E-state index in [2.05, 4.69) is 0 Å². The molecule has 1 amide bonds. The van der Waals surface area contributed by atoms with Crippen molar-refractivity contribution in [3.63, 3.8) is 0 Å². The third kappa shape index (κ3) is 4.15. The van der Waals surface area contributed by atoms with Crippen LogP contribution in [0.15, 0.2) is 24.4 Å². The summed E-state index contributed by atoms with van der Waals surface area (Å²) >= 11 is 0. The predicted octanol–water partition coefficient (Wildman–Crippen LogP) is 1.69. The molecule has 29 heavy (non-hydrogen) atoms. The maximum absolute atomic E-state index is 12.5. The minimum atomic E-state index is -0.794. The Morgan fingerprint density at radius 3 is 2.38 bits per heavy atom. The van der Waals surface area contributed by atoms with Crippen molar-refractivity contribution in [2.24, 2.45) is 7.05 Å². The Bertz CT molecular complexity index is 967. The molecule has 0 atom stereocenters. The zero-order valence-corrected chi connectivity index (χ0v) is 16.3. The van der Waals surface area contributed by atoms with E-state index in [-0.39, 0.29) is 17.3 Å². The number of methoxy groups -OCH3 is 2. The maximum Gasteiger partial charge on any atom is 0.355 e. The summed E-state index contributed by atoms with van der Waals surface area (Å²) in [5.41, 5.74) is 1.79. The number of nitrogens with zero attached hydrogens (tertiary/aromatic N) is 3. The fourth-order valence-corrected chi connectivity index (χ4v) is 3.24. The Hall–Kier alpha value is -3.56. The fraction of sp³-hybridized carbons (Fsp3) is 0.368. The van der Waals surface area contributed by atoms with Gasteiger partial charge in [0.1, 0.15) is 5.69 Å². The smallest absolute Gasteiger partial charge is 0.355 e. The molecule has 0 N–H and O–H groups in total. The molecular formula is C19H21N3O7. The fourth-order valence-electron chi connectivity index (χ4n) is 3.24. The monoisotopic (exact) mass is 403 g/mol. The second-order valence-corrected chi connectivity index (χ2v) is 6.57. The highest BCUT2D eigenvalue weighted by atomic mass is 16.6. The average molecular weight is 403 g/mol. The topological polar surface area (TPSA) is 113 Å². The van der Waals surface area contributed by atoms with Crippen molar-refractivity contribution in [2.75, 3.05) is 27.4 Å². The van der Waals surface area contributed by atoms with Crippen LogP contribution in [0, 0.1) is 10.1 Å². The van der Waals surface area contributed by atoms with Crippen LogP contribution in [0.3, 0.4) is 0 Å². The largest absolute Gasteiger partial charge is 0.493 e. The van der Waals surface area contributed by atoms with Crippen molar-refractivity contribution < 1.29 is 28.7 Å². The summed E-state index contributed by atoms with van der Waals surface area (Å²) in [6.07, 6.45) is 1.85. The van der Waals surface area contributed by atoms with Crippen LogP contribution in [0.2, 0.25) is 0 Å². The van der Waals surface area contributed by atoms with Crippen molar-refractivity contribution >= 4 is 17.6 Å². The molecule has 0 saturated heterocycles. The lowest BCUT2D eigenvalue weighted by molar-refractivity contribution is -0.384. The molecule has 154 valence electrons. The van der Waals surface area contributed by atoms with Gasteiger partial charge in [-0.3, -0.25) is 14.9 Å². The third-order valence-electron chi connectivity index (χ3n) is 4.81. The van der Waals surface area contributed by atoms with Crippen LogP contribution in [-0.2, 0) is 29.5 Å². The Morgan fingerprint density at radius 1 is 1.14 bits per heavy atom. The first-order valence-electron chi connectivity index (χ1n) is 8.83. The highest BCUT2D eigenvalue weighted by Gasteiger charge is 2.25. The molecule has 2 heterocycles. The molecule has 0 saturated carbocycles. The highest BCUT2D eigenvalue weighted by Crippen LogP contribution is 2.33. The molecule has 0 aliphatic carbocycles. The summed E-state index contributed by atoms with van der Waals surface area (Å²) in [6.45, 7) is 0.399. The number of aryl methyl sites for hydroxylation is 1. The Morgan fingerprint density at radius 2 is 1.79 bits per heavy atom. The minimum Gasteiger partial charge on any atom is -0.493 e. The summed E-state index contributed by atoms with van der Waals surface area (Å²) in [4.78, 5) is 36.5. The number of hydrogen-bond acceptors (Lipinski definition) is 7. The first-order chi connectivity index (χ1) is 13.8. The van der Waals surface area contributed by atoms with Gasteiger partial charge in [0, 0.05) is 26.2 Å². The standard InChI is InChI=1S/C19H21N3O7/c1-20-10-14(22(25)26)8-15(20)19(24)29-11-18(23)21-5-4-12-6-16(27-2)17(28-3)7-13(12)9-21/h6-8,10H,4-5,9,11H2,1-3H3. The van der Waals surface area contributed by atoms with Gasteiger partial charge in [-0.2, -0.15) is 0 Å². The van der Waals surface area contributed by atoms with E-state index in [1.807, 2.05) is 12.1 Å². The van der Waals surface area contributed by atoms with Crippen molar-refractivity contribution in [3.8, 4) is 11.5 Å². The Kier molecular flexibility index (Phi) is 5.71. The summed E-state index contributed by atoms with van der Waals surface area (Å²) in [6, 6.07) is 4.85. The average Bonchev–Trinajstić information content (AvgIpc) is 3.12. The molecule has 0 fully saturated rings. The van der Waals surface area contributed by atoms with E-state index < -0.39 is 17.5 Å². The summed E-state index contributed by atoms with van der Waals surface area (Å²) in [5.74, 6) is 0.0779. The molecule has 1 aromatic carbocycles. The summed E-state index contributed by atoms with van der Waals surface area (Å²) in [5, 5.41) is 10.8. The van der Waals surface area contributed by atoms with E-state index in [1.54, 1.807) is 19.1 Å². The van der Waals surface area contributed by atoms with Gasteiger partial charge in [-0.1, -0.05) is 0 Å². The first-order valence-corrected chi connectivity index (χ1v) is 8.83. The number of carbonyl (C=O) groups is 2. The number of aromatic nitrogens is 1. The molecule has 0 unspecified atom stereocenters. The first kappa shape index (κ1) is 20.2. The van der Waals surface area contributed by atoms with Gasteiger partial charge in [-0.15, -0.1) is 0 Å². The quantitative estimate of drug-likeness (QED) is 0.410. The molecule has 2 aromatic rings. The molecule has 0 bridgehead atoms. The summed E-state index contributed by atoms with van der Waals surface area (Å²) < 4.78 is 17.0. The van der Waals surface area contributed by atoms with Gasteiger partial charge in [-0.05, 0) is 29.7 Å². The zero-order chi connectivity index (χ0) is 21.1. The minimum absolute atomic E-state index is 0.00493. The lowest BCUT2D eigenvalue weighted by Crippen LogP contribution is -2.38. The Balaban J connectivity index is 1.64. The normalized spacial score (nSPS) is 12.9. The van der Waals surface area contributed by atoms with Gasteiger partial charge in [0.05, 0.1) is 25.3 Å². The number of carbonyl (C=O) groups excluding carboxylic acids is 2. The number of rotatable bonds is 6. The SMILES string of the molecule is COc1cc2c(cc1OC)CN(C(=O)COC(=O)c1cc([N+](=O)[O-])cn1C)CC2. The van der Waals surface area contributed by atoms with Gasteiger partial charge >= 0.3 is 5.97 Å². The maximum atomic E-state index is 12.5. The van der Waals surface area contributed by atoms with Crippen LogP contribution in [0.5, 0.6) is 11.5 Å². The van der Waals surface area contributed by atoms with Crippen LogP contribution in [-0.4, -0.2) is 53.6 Å². The molecule has 10 heteroatoms. The van der Waals surface area contributed by atoms with E-state index in [0.717, 1.165) is 17.2 Å². The zero-order valence-electron chi connectivity index (χ0n) is 16.3. The van der Waals surface area contributed by atoms with Crippen LogP contribution in [0.4, 0.5) is 5.69 Å². The Labute approximate surface area is 166 Å². The van der Waals surface area contributed by atoms with Gasteiger partial charge in [0.2, 0.25) is 0 Å². The second-order valence-electron chi connectivity index (χ2n) is 6.57. The molecule has 3 rings (SSSR count). The molecule has 1 aromatic heterocycles. The second kappa shape index (κ2) is 8.21. The van der Waals surface area contributed by atoms with Crippen LogP contribution in [0.25, 0.3) is 0 Å². The van der Waals surface area contributed by atoms with E-state index >= 15 is 0 Å². The number of esters is 1. The van der Waals surface area contributed by atoms with Crippen molar-refractivity contribution in [1.29, 1.82) is 0 Å². The highest BCUT2D eigenvalue weighted by molar-refractivity contribution is 5.90. The van der Waals surface area contributed by atoms with Crippen LogP contribution < -0.4 is 9.47 Å². The molecular weight excluding hydrogens is 382 g/mol. The van der Waals surface area contributed by atoms with E-state index in [9.17, 15) is 19.7 Å². The predicted molar refractivity (Wildman–Crippen MR) is 101 cm³/mol. The number of amides is 1. The van der Waals surface area contributed by atoms with Crippen molar-refractivity contribution in [2.45, 2.75) is 13.0 Å². The van der Waals surface area contributed by atoms with Gasteiger partial charge in [-0.25, -0.2) is 4.79 Å². The molecule has 10 nitrogen and oxygen atoms in total. The van der Waals surface area contributed by atoms with Crippen LogP contribution >= 0.6 is 0 Å². The van der Waals surface area contributed by atoms with Gasteiger partial charge < -0.3 is 23.7 Å². The van der Waals surface area contributed by atoms with E-state index in [0.29, 0.717) is 31.0 Å². The lowest BCUT2D eigenvalue weighted by atomic mass is 9.99. The molecule has 1 aliphatic heterocycles. The molecule has 0 radical (unpaired) electrons. The number of hydrogen-bond donors (Lipinski definition) is 0. The number of benzene rings is 1. The van der Waals surface area contributed by atoms with E-state index in [4.69, 9.17) is 14.2 Å². The van der Waals surface area contributed by atoms with Gasteiger partial charge in [0.15, 0.2) is 18.1 Å².